The molecule has 0 fully saturated rings. The summed E-state index contributed by atoms with van der Waals surface area (Å²) < 4.78 is 28.4. The van der Waals surface area contributed by atoms with Crippen LogP contribution in [0.5, 0.6) is 0 Å². The lowest BCUT2D eigenvalue weighted by Crippen LogP contribution is -2.44. The van der Waals surface area contributed by atoms with E-state index in [1.165, 1.54) is 4.31 Å². The summed E-state index contributed by atoms with van der Waals surface area (Å²) in [5.41, 5.74) is 6.14. The molecule has 3 aromatic rings. The van der Waals surface area contributed by atoms with E-state index < -0.39 is 27.9 Å². The Labute approximate surface area is 219 Å². The first-order chi connectivity index (χ1) is 17.2. The fourth-order valence-corrected chi connectivity index (χ4v) is 5.71. The van der Waals surface area contributed by atoms with Crippen LogP contribution >= 0.6 is 0 Å². The summed E-state index contributed by atoms with van der Waals surface area (Å²) in [5, 5.41) is 11.9. The number of aliphatic carboxylic acids is 1. The van der Waals surface area contributed by atoms with Crippen molar-refractivity contribution >= 4 is 27.6 Å². The number of hydrogen-bond acceptors (Lipinski definition) is 4. The molecule has 0 spiro atoms. The first-order valence-electron chi connectivity index (χ1n) is 12.1. The van der Waals surface area contributed by atoms with Gasteiger partial charge in [-0.3, -0.25) is 9.10 Å². The van der Waals surface area contributed by atoms with Crippen LogP contribution in [-0.4, -0.2) is 38.5 Å². The van der Waals surface area contributed by atoms with E-state index in [0.717, 1.165) is 33.4 Å². The van der Waals surface area contributed by atoms with Crippen molar-refractivity contribution in [1.82, 2.24) is 5.32 Å². The molecule has 0 saturated heterocycles. The van der Waals surface area contributed by atoms with Crippen LogP contribution in [0.2, 0.25) is 0 Å². The van der Waals surface area contributed by atoms with Crippen molar-refractivity contribution in [2.45, 2.75) is 52.5 Å². The minimum atomic E-state index is -3.79. The number of anilines is 1. The van der Waals surface area contributed by atoms with E-state index in [2.05, 4.69) is 5.32 Å². The Hall–Kier alpha value is -3.65. The van der Waals surface area contributed by atoms with Gasteiger partial charge in [0.1, 0.15) is 6.04 Å². The molecule has 3 aromatic carbocycles. The second-order valence-electron chi connectivity index (χ2n) is 9.70. The van der Waals surface area contributed by atoms with E-state index in [1.807, 2.05) is 33.8 Å². The number of benzene rings is 3. The largest absolute Gasteiger partial charge is 0.480 e. The highest BCUT2D eigenvalue weighted by molar-refractivity contribution is 7.92. The number of sulfonamides is 1. The predicted octanol–water partition coefficient (Wildman–Crippen LogP) is 5.25. The molecule has 0 heterocycles. The Morgan fingerprint density at radius 1 is 0.865 bits per heavy atom. The van der Waals surface area contributed by atoms with Gasteiger partial charge in [-0.1, -0.05) is 38.1 Å². The number of amides is 1. The lowest BCUT2D eigenvalue weighted by atomic mass is 10.00. The molecule has 0 unspecified atom stereocenters. The first kappa shape index (κ1) is 27.9. The van der Waals surface area contributed by atoms with E-state index in [0.29, 0.717) is 11.3 Å². The van der Waals surface area contributed by atoms with E-state index in [9.17, 15) is 23.1 Å². The van der Waals surface area contributed by atoms with Crippen LogP contribution in [0.1, 0.15) is 46.5 Å². The normalized spacial score (nSPS) is 12.3. The van der Waals surface area contributed by atoms with Crippen molar-refractivity contribution in [2.75, 3.05) is 11.4 Å². The molecule has 0 aliphatic rings. The summed E-state index contributed by atoms with van der Waals surface area (Å²) in [5.74, 6) is -1.80. The molecule has 8 heteroatoms. The zero-order valence-corrected chi connectivity index (χ0v) is 23.1. The van der Waals surface area contributed by atoms with Gasteiger partial charge in [-0.2, -0.15) is 0 Å². The Kier molecular flexibility index (Phi) is 8.12. The maximum absolute atomic E-state index is 13.6. The standard InChI is InChI=1S/C29H34N2O5S/c1-17(2)27(29(33)34)30-28(32)23-13-11-22(12-14-23)24-9-8-10-25(16-24)31(7)37(35,36)26-15-18(3)19(4)20(5)21(26)6/h8-17,27H,1-7H3,(H,30,32)(H,33,34)/t27-/m0/s1. The number of rotatable bonds is 8. The van der Waals surface area contributed by atoms with Crippen LogP contribution in [0.25, 0.3) is 11.1 Å². The first-order valence-corrected chi connectivity index (χ1v) is 13.5. The lowest BCUT2D eigenvalue weighted by molar-refractivity contribution is -0.140. The number of nitrogens with one attached hydrogen (secondary N) is 1. The molecular weight excluding hydrogens is 488 g/mol. The molecule has 2 N–H and O–H groups in total. The van der Waals surface area contributed by atoms with Crippen LogP contribution in [-0.2, 0) is 14.8 Å². The highest BCUT2D eigenvalue weighted by Gasteiger charge is 2.26. The summed E-state index contributed by atoms with van der Waals surface area (Å²) in [4.78, 5) is 24.2. The molecule has 0 radical (unpaired) electrons. The minimum Gasteiger partial charge on any atom is -0.480 e. The number of carboxylic acids is 1. The van der Waals surface area contributed by atoms with Crippen LogP contribution in [0.15, 0.2) is 59.5 Å². The highest BCUT2D eigenvalue weighted by atomic mass is 32.2. The molecule has 0 aromatic heterocycles. The van der Waals surface area contributed by atoms with Crippen molar-refractivity contribution in [2.24, 2.45) is 5.92 Å². The van der Waals surface area contributed by atoms with Crippen LogP contribution < -0.4 is 9.62 Å². The topological polar surface area (TPSA) is 104 Å². The molecule has 0 bridgehead atoms. The average Bonchev–Trinajstić information content (AvgIpc) is 2.87. The number of nitrogens with zero attached hydrogens (tertiary/aromatic N) is 1. The number of carboxylic acid groups (broad SMARTS) is 1. The summed E-state index contributed by atoms with van der Waals surface area (Å²) in [7, 11) is -2.25. The number of aryl methyl sites for hydroxylation is 1. The van der Waals surface area contributed by atoms with Gasteiger partial charge in [0, 0.05) is 12.6 Å². The zero-order valence-electron chi connectivity index (χ0n) is 22.3. The number of carbonyl (C=O) groups is 2. The van der Waals surface area contributed by atoms with Crippen molar-refractivity contribution in [3.63, 3.8) is 0 Å². The fraction of sp³-hybridized carbons (Fsp3) is 0.310. The summed E-state index contributed by atoms with van der Waals surface area (Å²) >= 11 is 0. The molecule has 196 valence electrons. The third-order valence-electron chi connectivity index (χ3n) is 6.98. The molecule has 0 aliphatic carbocycles. The molecular formula is C29H34N2O5S. The second kappa shape index (κ2) is 10.8. The third-order valence-corrected chi connectivity index (χ3v) is 8.89. The molecule has 7 nitrogen and oxygen atoms in total. The summed E-state index contributed by atoms with van der Waals surface area (Å²) in [6, 6.07) is 14.7. The van der Waals surface area contributed by atoms with Gasteiger partial charge < -0.3 is 10.4 Å². The van der Waals surface area contributed by atoms with Gasteiger partial charge in [-0.25, -0.2) is 13.2 Å². The Bertz CT molecular complexity index is 1440. The average molecular weight is 523 g/mol. The minimum absolute atomic E-state index is 0.256. The second-order valence-corrected chi connectivity index (χ2v) is 11.6. The van der Waals surface area contributed by atoms with Gasteiger partial charge in [0.25, 0.3) is 15.9 Å². The number of hydrogen-bond donors (Lipinski definition) is 2. The lowest BCUT2D eigenvalue weighted by Gasteiger charge is -2.23. The molecule has 0 aliphatic heterocycles. The SMILES string of the molecule is Cc1cc(S(=O)(=O)N(C)c2cccc(-c3ccc(C(=O)N[C@H](C(=O)O)C(C)C)cc3)c2)c(C)c(C)c1C. The molecule has 1 atom stereocenters. The monoisotopic (exact) mass is 522 g/mol. The van der Waals surface area contributed by atoms with E-state index in [4.69, 9.17) is 0 Å². The Morgan fingerprint density at radius 3 is 2.05 bits per heavy atom. The highest BCUT2D eigenvalue weighted by Crippen LogP contribution is 2.31. The van der Waals surface area contributed by atoms with E-state index in [-0.39, 0.29) is 10.8 Å². The Morgan fingerprint density at radius 2 is 1.49 bits per heavy atom. The van der Waals surface area contributed by atoms with Crippen LogP contribution in [0, 0.1) is 33.6 Å². The molecule has 1 amide bonds. The smallest absolute Gasteiger partial charge is 0.326 e. The summed E-state index contributed by atoms with van der Waals surface area (Å²) in [6.45, 7) is 11.1. The quantitative estimate of drug-likeness (QED) is 0.420. The van der Waals surface area contributed by atoms with Crippen molar-refractivity contribution in [3.8, 4) is 11.1 Å². The van der Waals surface area contributed by atoms with Gasteiger partial charge in [-0.15, -0.1) is 0 Å². The Balaban J connectivity index is 1.89. The third kappa shape index (κ3) is 5.69. The van der Waals surface area contributed by atoms with Crippen molar-refractivity contribution < 1.29 is 23.1 Å². The maximum atomic E-state index is 13.6. The predicted molar refractivity (Wildman–Crippen MR) is 147 cm³/mol. The van der Waals surface area contributed by atoms with E-state index in [1.54, 1.807) is 69.4 Å². The number of carbonyl (C=O) groups excluding carboxylic acids is 1. The van der Waals surface area contributed by atoms with Gasteiger partial charge in [0.15, 0.2) is 0 Å². The molecule has 0 saturated carbocycles. The van der Waals surface area contributed by atoms with E-state index >= 15 is 0 Å². The zero-order chi connectivity index (χ0) is 27.7. The summed E-state index contributed by atoms with van der Waals surface area (Å²) in [6.07, 6.45) is 0. The van der Waals surface area contributed by atoms with Gasteiger partial charge in [-0.05, 0) is 97.3 Å². The van der Waals surface area contributed by atoms with Gasteiger partial charge in [0.2, 0.25) is 0 Å². The van der Waals surface area contributed by atoms with Crippen molar-refractivity contribution in [1.29, 1.82) is 0 Å². The van der Waals surface area contributed by atoms with Crippen LogP contribution in [0.4, 0.5) is 5.69 Å². The molecule has 37 heavy (non-hydrogen) atoms. The van der Waals surface area contributed by atoms with Crippen LogP contribution in [0.3, 0.4) is 0 Å². The fourth-order valence-electron chi connectivity index (χ4n) is 4.16. The maximum Gasteiger partial charge on any atom is 0.326 e. The van der Waals surface area contributed by atoms with Gasteiger partial charge >= 0.3 is 5.97 Å². The van der Waals surface area contributed by atoms with Crippen molar-refractivity contribution in [3.05, 3.63) is 82.4 Å². The van der Waals surface area contributed by atoms with Gasteiger partial charge in [0.05, 0.1) is 10.6 Å². The molecule has 3 rings (SSSR count).